The first-order valence-corrected chi connectivity index (χ1v) is 6.65. The van der Waals surface area contributed by atoms with Gasteiger partial charge in [0.15, 0.2) is 0 Å². The van der Waals surface area contributed by atoms with Gasteiger partial charge in [-0.05, 0) is 19.9 Å². The van der Waals surface area contributed by atoms with Crippen LogP contribution in [0.1, 0.15) is 32.3 Å². The van der Waals surface area contributed by atoms with E-state index in [1.807, 2.05) is 0 Å². The Hall–Kier alpha value is -1.16. The summed E-state index contributed by atoms with van der Waals surface area (Å²) in [5.74, 6) is 0.364. The molecule has 4 heteroatoms. The van der Waals surface area contributed by atoms with Crippen molar-refractivity contribution in [3.05, 3.63) is 23.6 Å². The van der Waals surface area contributed by atoms with Gasteiger partial charge < -0.3 is 9.64 Å². The fourth-order valence-corrected chi connectivity index (χ4v) is 3.00. The molecule has 98 valence electrons. The van der Waals surface area contributed by atoms with Crippen molar-refractivity contribution >= 4 is 0 Å². The number of rotatable bonds is 1. The van der Waals surface area contributed by atoms with E-state index in [1.165, 1.54) is 6.20 Å². The number of piperidine rings is 1. The van der Waals surface area contributed by atoms with Crippen molar-refractivity contribution in [1.82, 2.24) is 9.88 Å². The van der Waals surface area contributed by atoms with Crippen LogP contribution in [0, 0.1) is 5.82 Å². The quantitative estimate of drug-likeness (QED) is 0.765. The second-order valence-electron chi connectivity index (χ2n) is 5.71. The highest BCUT2D eigenvalue weighted by Gasteiger charge is 2.43. The monoisotopic (exact) mass is 250 g/mol. The van der Waals surface area contributed by atoms with Crippen LogP contribution in [0.25, 0.3) is 0 Å². The van der Waals surface area contributed by atoms with E-state index < -0.39 is 0 Å². The summed E-state index contributed by atoms with van der Waals surface area (Å²) < 4.78 is 19.2. The molecule has 1 spiro atoms. The average molecular weight is 250 g/mol. The molecule has 0 radical (unpaired) electrons. The third-order valence-electron chi connectivity index (χ3n) is 4.16. The van der Waals surface area contributed by atoms with Crippen molar-refractivity contribution in [1.29, 1.82) is 0 Å². The largest absolute Gasteiger partial charge is 0.470 e. The Morgan fingerprint density at radius 3 is 2.78 bits per heavy atom. The van der Waals surface area contributed by atoms with Crippen molar-refractivity contribution in [2.45, 2.75) is 44.8 Å². The number of halogens is 1. The topological polar surface area (TPSA) is 25.4 Å². The van der Waals surface area contributed by atoms with Crippen LogP contribution in [-0.2, 0) is 6.42 Å². The Balaban J connectivity index is 1.74. The van der Waals surface area contributed by atoms with Crippen LogP contribution in [0.4, 0.5) is 4.39 Å². The molecule has 18 heavy (non-hydrogen) atoms. The first-order chi connectivity index (χ1) is 8.58. The maximum atomic E-state index is 13.2. The van der Waals surface area contributed by atoms with Gasteiger partial charge in [0.2, 0.25) is 5.88 Å². The van der Waals surface area contributed by atoms with Gasteiger partial charge in [0.1, 0.15) is 11.4 Å². The highest BCUT2D eigenvalue weighted by Crippen LogP contribution is 2.40. The molecular weight excluding hydrogens is 231 g/mol. The Morgan fingerprint density at radius 2 is 2.11 bits per heavy atom. The maximum absolute atomic E-state index is 13.2. The van der Waals surface area contributed by atoms with Gasteiger partial charge in [-0.25, -0.2) is 9.37 Å². The Labute approximate surface area is 107 Å². The number of aromatic nitrogens is 1. The van der Waals surface area contributed by atoms with Gasteiger partial charge >= 0.3 is 0 Å². The van der Waals surface area contributed by atoms with E-state index in [1.54, 1.807) is 6.07 Å². The summed E-state index contributed by atoms with van der Waals surface area (Å²) >= 11 is 0. The maximum Gasteiger partial charge on any atom is 0.217 e. The fraction of sp³-hybridized carbons (Fsp3) is 0.643. The molecular formula is C14H19FN2O. The molecule has 0 aliphatic carbocycles. The zero-order chi connectivity index (χ0) is 12.8. The first kappa shape index (κ1) is 11.9. The van der Waals surface area contributed by atoms with Crippen LogP contribution < -0.4 is 4.74 Å². The molecule has 0 unspecified atom stereocenters. The highest BCUT2D eigenvalue weighted by atomic mass is 19.1. The predicted octanol–water partition coefficient (Wildman–Crippen LogP) is 2.40. The number of pyridine rings is 1. The number of likely N-dealkylation sites (tertiary alicyclic amines) is 1. The van der Waals surface area contributed by atoms with E-state index >= 15 is 0 Å². The molecule has 1 saturated heterocycles. The molecule has 1 aromatic rings. The molecule has 0 saturated carbocycles. The van der Waals surface area contributed by atoms with Gasteiger partial charge in [-0.3, -0.25) is 0 Å². The zero-order valence-electron chi connectivity index (χ0n) is 10.9. The first-order valence-electron chi connectivity index (χ1n) is 6.65. The molecule has 3 nitrogen and oxygen atoms in total. The van der Waals surface area contributed by atoms with Crippen molar-refractivity contribution < 1.29 is 9.13 Å². The lowest BCUT2D eigenvalue weighted by Gasteiger charge is -2.40. The molecule has 0 amide bonds. The summed E-state index contributed by atoms with van der Waals surface area (Å²) in [6.07, 6.45) is 4.05. The predicted molar refractivity (Wildman–Crippen MR) is 67.2 cm³/mol. The van der Waals surface area contributed by atoms with E-state index in [9.17, 15) is 4.39 Å². The van der Waals surface area contributed by atoms with Gasteiger partial charge in [-0.2, -0.15) is 0 Å². The van der Waals surface area contributed by atoms with Gasteiger partial charge in [-0.1, -0.05) is 0 Å². The molecule has 3 rings (SSSR count). The number of fused-ring (bicyclic) bond motifs is 1. The summed E-state index contributed by atoms with van der Waals surface area (Å²) in [6, 6.07) is 2.15. The van der Waals surface area contributed by atoms with Crippen LogP contribution in [0.3, 0.4) is 0 Å². The molecule has 2 aliphatic heterocycles. The summed E-state index contributed by atoms with van der Waals surface area (Å²) in [7, 11) is 0. The molecule has 2 aliphatic rings. The van der Waals surface area contributed by atoms with E-state index in [-0.39, 0.29) is 11.4 Å². The molecule has 1 fully saturated rings. The minimum Gasteiger partial charge on any atom is -0.470 e. The summed E-state index contributed by atoms with van der Waals surface area (Å²) in [5.41, 5.74) is 0.794. The highest BCUT2D eigenvalue weighted by molar-refractivity contribution is 5.33. The SMILES string of the molecule is CC(C)N1CCC2(CC1)Cc1cc(F)cnc1O2. The molecule has 1 aromatic heterocycles. The number of ether oxygens (including phenoxy) is 1. The Morgan fingerprint density at radius 1 is 1.39 bits per heavy atom. The van der Waals surface area contributed by atoms with E-state index in [0.29, 0.717) is 11.9 Å². The second kappa shape index (κ2) is 4.19. The van der Waals surface area contributed by atoms with E-state index in [4.69, 9.17) is 4.74 Å². The summed E-state index contributed by atoms with van der Waals surface area (Å²) in [5, 5.41) is 0. The lowest BCUT2D eigenvalue weighted by molar-refractivity contribution is 0.00793. The minimum absolute atomic E-state index is 0.130. The fourth-order valence-electron chi connectivity index (χ4n) is 3.00. The van der Waals surface area contributed by atoms with Crippen LogP contribution in [0.2, 0.25) is 0 Å². The lowest BCUT2D eigenvalue weighted by Crippen LogP contribution is -2.49. The zero-order valence-corrected chi connectivity index (χ0v) is 10.9. The number of hydrogen-bond donors (Lipinski definition) is 0. The van der Waals surface area contributed by atoms with Crippen molar-refractivity contribution in [2.75, 3.05) is 13.1 Å². The third kappa shape index (κ3) is 1.99. The molecule has 0 aromatic carbocycles. The van der Waals surface area contributed by atoms with Crippen molar-refractivity contribution in [3.8, 4) is 5.88 Å². The van der Waals surface area contributed by atoms with Gasteiger partial charge in [0, 0.05) is 44.0 Å². The van der Waals surface area contributed by atoms with Crippen LogP contribution in [-0.4, -0.2) is 34.6 Å². The summed E-state index contributed by atoms with van der Waals surface area (Å²) in [4.78, 5) is 6.52. The average Bonchev–Trinajstić information content (AvgIpc) is 2.66. The third-order valence-corrected chi connectivity index (χ3v) is 4.16. The summed E-state index contributed by atoms with van der Waals surface area (Å²) in [6.45, 7) is 6.54. The number of hydrogen-bond acceptors (Lipinski definition) is 3. The normalized spacial score (nSPS) is 22.2. The van der Waals surface area contributed by atoms with Gasteiger partial charge in [-0.15, -0.1) is 0 Å². The van der Waals surface area contributed by atoms with Crippen LogP contribution in [0.5, 0.6) is 5.88 Å². The molecule has 0 bridgehead atoms. The van der Waals surface area contributed by atoms with E-state index in [0.717, 1.165) is 37.9 Å². The smallest absolute Gasteiger partial charge is 0.217 e. The Bertz CT molecular complexity index is 453. The standard InChI is InChI=1S/C14H19FN2O/c1-10(2)17-5-3-14(4-6-17)8-11-7-12(15)9-16-13(11)18-14/h7,9-10H,3-6,8H2,1-2H3. The molecule has 0 atom stereocenters. The lowest BCUT2D eigenvalue weighted by atomic mass is 9.87. The van der Waals surface area contributed by atoms with Crippen molar-refractivity contribution in [3.63, 3.8) is 0 Å². The van der Waals surface area contributed by atoms with Gasteiger partial charge in [0.25, 0.3) is 0 Å². The minimum atomic E-state index is -0.269. The second-order valence-corrected chi connectivity index (χ2v) is 5.71. The van der Waals surface area contributed by atoms with Gasteiger partial charge in [0.05, 0.1) is 6.20 Å². The molecule has 0 N–H and O–H groups in total. The van der Waals surface area contributed by atoms with Crippen LogP contribution >= 0.6 is 0 Å². The molecule has 3 heterocycles. The van der Waals surface area contributed by atoms with Crippen molar-refractivity contribution in [2.24, 2.45) is 0 Å². The van der Waals surface area contributed by atoms with E-state index in [2.05, 4.69) is 23.7 Å². The van der Waals surface area contributed by atoms with Crippen LogP contribution in [0.15, 0.2) is 12.3 Å². The Kier molecular flexibility index (Phi) is 2.77. The number of nitrogens with zero attached hydrogens (tertiary/aromatic N) is 2.